The van der Waals surface area contributed by atoms with Gasteiger partial charge in [-0.3, -0.25) is 9.59 Å². The van der Waals surface area contributed by atoms with Crippen molar-refractivity contribution in [3.63, 3.8) is 0 Å². The summed E-state index contributed by atoms with van der Waals surface area (Å²) in [6.45, 7) is 5.13. The number of urea groups is 1. The molecule has 1 fully saturated rings. The number of hydrogen-bond donors (Lipinski definition) is 2. The minimum Gasteiger partial charge on any atom is -0.480 e. The van der Waals surface area contributed by atoms with Crippen LogP contribution < -0.4 is 5.32 Å². The number of carboxylic acid groups (broad SMARTS) is 1. The molecule has 27 heavy (non-hydrogen) atoms. The van der Waals surface area contributed by atoms with E-state index in [0.29, 0.717) is 9.92 Å². The molecule has 0 saturated carbocycles. The Morgan fingerprint density at radius 1 is 1.22 bits per heavy atom. The van der Waals surface area contributed by atoms with Gasteiger partial charge in [-0.1, -0.05) is 17.7 Å². The van der Waals surface area contributed by atoms with Crippen LogP contribution in [0.1, 0.15) is 22.5 Å². The molecule has 3 amide bonds. The van der Waals surface area contributed by atoms with Gasteiger partial charge in [0, 0.05) is 22.1 Å². The molecular formula is C19H18ClN3O4. The summed E-state index contributed by atoms with van der Waals surface area (Å²) in [4.78, 5) is 35.6. The Morgan fingerprint density at radius 3 is 2.59 bits per heavy atom. The topological polar surface area (TPSA) is 91.6 Å². The van der Waals surface area contributed by atoms with Crippen LogP contribution in [0.5, 0.6) is 0 Å². The molecule has 1 aromatic heterocycles. The number of carbonyl (C=O) groups excluding carboxylic acids is 2. The third-order valence-electron chi connectivity index (χ3n) is 4.44. The van der Waals surface area contributed by atoms with Gasteiger partial charge < -0.3 is 15.0 Å². The Morgan fingerprint density at radius 2 is 1.93 bits per heavy atom. The standard InChI is InChI=1S/C19H18ClN3O4/c1-10-4-5-14(20)8-16(10)23-11(2)6-13(12(23)3)7-15-18(26)22(9-17(24)25)19(27)21-15/h4-8H,9H2,1-3H3,(H,21,27)(H,24,25)/b15-7+. The van der Waals surface area contributed by atoms with E-state index in [9.17, 15) is 14.4 Å². The van der Waals surface area contributed by atoms with E-state index in [0.717, 1.165) is 28.2 Å². The van der Waals surface area contributed by atoms with Gasteiger partial charge in [-0.05, 0) is 56.2 Å². The second-order valence-electron chi connectivity index (χ2n) is 6.37. The monoisotopic (exact) mass is 387 g/mol. The number of halogens is 1. The van der Waals surface area contributed by atoms with Crippen LogP contribution in [0.15, 0.2) is 30.0 Å². The first kappa shape index (κ1) is 18.7. The summed E-state index contributed by atoms with van der Waals surface area (Å²) in [5.41, 5.74) is 4.56. The molecule has 0 unspecified atom stereocenters. The fourth-order valence-corrected chi connectivity index (χ4v) is 3.30. The number of nitrogens with zero attached hydrogens (tertiary/aromatic N) is 2. The SMILES string of the molecule is Cc1ccc(Cl)cc1-n1c(C)cc(/C=C2/NC(=O)N(CC(=O)O)C2=O)c1C. The van der Waals surface area contributed by atoms with E-state index in [1.165, 1.54) is 0 Å². The van der Waals surface area contributed by atoms with E-state index in [2.05, 4.69) is 5.32 Å². The minimum atomic E-state index is -1.26. The van der Waals surface area contributed by atoms with Gasteiger partial charge in [0.1, 0.15) is 12.2 Å². The lowest BCUT2D eigenvalue weighted by atomic mass is 10.2. The maximum Gasteiger partial charge on any atom is 0.329 e. The minimum absolute atomic E-state index is 0.0457. The van der Waals surface area contributed by atoms with Gasteiger partial charge in [-0.15, -0.1) is 0 Å². The summed E-state index contributed by atoms with van der Waals surface area (Å²) < 4.78 is 2.02. The first-order valence-corrected chi connectivity index (χ1v) is 8.58. The van der Waals surface area contributed by atoms with Gasteiger partial charge in [0.25, 0.3) is 5.91 Å². The van der Waals surface area contributed by atoms with Gasteiger partial charge in [-0.2, -0.15) is 0 Å². The zero-order chi connectivity index (χ0) is 19.9. The lowest BCUT2D eigenvalue weighted by molar-refractivity contribution is -0.140. The molecule has 8 heteroatoms. The number of imide groups is 1. The van der Waals surface area contributed by atoms with Crippen molar-refractivity contribution in [3.05, 3.63) is 57.5 Å². The quantitative estimate of drug-likeness (QED) is 0.623. The van der Waals surface area contributed by atoms with Crippen LogP contribution in [-0.4, -0.2) is 39.0 Å². The van der Waals surface area contributed by atoms with Gasteiger partial charge in [0.15, 0.2) is 0 Å². The Hall–Kier alpha value is -3.06. The molecule has 2 aromatic rings. The van der Waals surface area contributed by atoms with Crippen molar-refractivity contribution in [2.24, 2.45) is 0 Å². The molecule has 140 valence electrons. The highest BCUT2D eigenvalue weighted by molar-refractivity contribution is 6.30. The molecule has 7 nitrogen and oxygen atoms in total. The number of rotatable bonds is 4. The lowest BCUT2D eigenvalue weighted by Gasteiger charge is -2.13. The van der Waals surface area contributed by atoms with Crippen LogP contribution in [0.2, 0.25) is 5.02 Å². The zero-order valence-corrected chi connectivity index (χ0v) is 15.8. The summed E-state index contributed by atoms with van der Waals surface area (Å²) >= 11 is 6.14. The van der Waals surface area contributed by atoms with E-state index in [1.54, 1.807) is 6.08 Å². The molecule has 0 bridgehead atoms. The van der Waals surface area contributed by atoms with Crippen molar-refractivity contribution in [2.75, 3.05) is 6.54 Å². The first-order valence-electron chi connectivity index (χ1n) is 8.21. The lowest BCUT2D eigenvalue weighted by Crippen LogP contribution is -2.35. The number of aryl methyl sites for hydroxylation is 2. The third kappa shape index (κ3) is 3.46. The second-order valence-corrected chi connectivity index (χ2v) is 6.80. The second kappa shape index (κ2) is 6.92. The number of aromatic nitrogens is 1. The van der Waals surface area contributed by atoms with E-state index in [1.807, 2.05) is 49.6 Å². The number of nitrogens with one attached hydrogen (secondary N) is 1. The highest BCUT2D eigenvalue weighted by Crippen LogP contribution is 2.27. The highest BCUT2D eigenvalue weighted by atomic mass is 35.5. The summed E-state index contributed by atoms with van der Waals surface area (Å²) in [6, 6.07) is 6.76. The molecule has 0 spiro atoms. The van der Waals surface area contributed by atoms with E-state index >= 15 is 0 Å². The van der Waals surface area contributed by atoms with Crippen LogP contribution in [0, 0.1) is 20.8 Å². The van der Waals surface area contributed by atoms with Gasteiger partial charge >= 0.3 is 12.0 Å². The predicted molar refractivity (Wildman–Crippen MR) is 101 cm³/mol. The van der Waals surface area contributed by atoms with Crippen LogP contribution >= 0.6 is 11.6 Å². The van der Waals surface area contributed by atoms with E-state index in [-0.39, 0.29) is 5.70 Å². The molecule has 0 radical (unpaired) electrons. The summed E-state index contributed by atoms with van der Waals surface area (Å²) in [6.07, 6.45) is 1.56. The maximum absolute atomic E-state index is 12.3. The fourth-order valence-electron chi connectivity index (χ4n) is 3.13. The fraction of sp³-hybridized carbons (Fsp3) is 0.211. The number of amides is 3. The number of carboxylic acids is 1. The first-order chi connectivity index (χ1) is 12.7. The Labute approximate surface area is 160 Å². The Balaban J connectivity index is 2.02. The van der Waals surface area contributed by atoms with Gasteiger partial charge in [0.05, 0.1) is 0 Å². The maximum atomic E-state index is 12.3. The average molecular weight is 388 g/mol. The molecule has 2 N–H and O–H groups in total. The molecule has 1 aliphatic rings. The van der Waals surface area contributed by atoms with Crippen molar-refractivity contribution in [2.45, 2.75) is 20.8 Å². The van der Waals surface area contributed by atoms with Crippen molar-refractivity contribution in [1.29, 1.82) is 0 Å². The summed E-state index contributed by atoms with van der Waals surface area (Å²) in [5, 5.41) is 11.9. The van der Waals surface area contributed by atoms with Gasteiger partial charge in [0.2, 0.25) is 0 Å². The van der Waals surface area contributed by atoms with Crippen LogP contribution in [-0.2, 0) is 9.59 Å². The Kier molecular flexibility index (Phi) is 4.80. The van der Waals surface area contributed by atoms with Gasteiger partial charge in [-0.25, -0.2) is 9.69 Å². The molecule has 1 aromatic carbocycles. The highest BCUT2D eigenvalue weighted by Gasteiger charge is 2.35. The van der Waals surface area contributed by atoms with Crippen molar-refractivity contribution >= 4 is 35.6 Å². The molecule has 1 saturated heterocycles. The summed E-state index contributed by atoms with van der Waals surface area (Å²) in [7, 11) is 0. The normalized spacial score (nSPS) is 15.6. The van der Waals surface area contributed by atoms with Crippen molar-refractivity contribution in [1.82, 2.24) is 14.8 Å². The number of aliphatic carboxylic acids is 1. The van der Waals surface area contributed by atoms with Crippen LogP contribution in [0.25, 0.3) is 11.8 Å². The predicted octanol–water partition coefficient (Wildman–Crippen LogP) is 3.03. The average Bonchev–Trinajstić information content (AvgIpc) is 3.00. The molecule has 3 rings (SSSR count). The van der Waals surface area contributed by atoms with Crippen molar-refractivity contribution < 1.29 is 19.5 Å². The zero-order valence-electron chi connectivity index (χ0n) is 15.0. The number of benzene rings is 1. The molecule has 0 aliphatic carbocycles. The number of hydrogen-bond acceptors (Lipinski definition) is 3. The molecule has 1 aliphatic heterocycles. The van der Waals surface area contributed by atoms with Crippen LogP contribution in [0.3, 0.4) is 0 Å². The number of carbonyl (C=O) groups is 3. The van der Waals surface area contributed by atoms with E-state index < -0.39 is 24.5 Å². The van der Waals surface area contributed by atoms with E-state index in [4.69, 9.17) is 16.7 Å². The third-order valence-corrected chi connectivity index (χ3v) is 4.67. The molecule has 2 heterocycles. The largest absolute Gasteiger partial charge is 0.480 e. The smallest absolute Gasteiger partial charge is 0.329 e. The molecule has 0 atom stereocenters. The molecular weight excluding hydrogens is 370 g/mol. The summed E-state index contributed by atoms with van der Waals surface area (Å²) in [5.74, 6) is -1.92. The van der Waals surface area contributed by atoms with Crippen molar-refractivity contribution in [3.8, 4) is 5.69 Å². The Bertz CT molecular complexity index is 1010. The van der Waals surface area contributed by atoms with Crippen LogP contribution in [0.4, 0.5) is 4.79 Å².